The molecule has 2 N–H and O–H groups in total. The summed E-state index contributed by atoms with van der Waals surface area (Å²) in [5.74, 6) is -0.174. The van der Waals surface area contributed by atoms with E-state index in [1.807, 2.05) is 19.1 Å². The molecule has 0 aliphatic carbocycles. The van der Waals surface area contributed by atoms with Crippen LogP contribution in [0.15, 0.2) is 58.6 Å². The molecule has 0 aliphatic rings. The molecule has 0 radical (unpaired) electrons. The lowest BCUT2D eigenvalue weighted by Crippen LogP contribution is -2.28. The van der Waals surface area contributed by atoms with Gasteiger partial charge in [0.05, 0.1) is 5.69 Å². The first-order valence-electron chi connectivity index (χ1n) is 8.20. The highest BCUT2D eigenvalue weighted by Gasteiger charge is 2.11. The standard InChI is InChI=1S/C20H18BrN3O3/c1-2-23-19(25)13-27-16-9-7-14(8-10-16)11-15(12-22)20(26)24-18-6-4-3-5-17(18)21/h3-11H,2,13H2,1H3,(H,23,25)(H,24,26)/b15-11-. The van der Waals surface area contributed by atoms with Gasteiger partial charge in [0.15, 0.2) is 6.61 Å². The zero-order valence-corrected chi connectivity index (χ0v) is 16.2. The number of hydrogen-bond acceptors (Lipinski definition) is 4. The summed E-state index contributed by atoms with van der Waals surface area (Å²) < 4.78 is 6.09. The van der Waals surface area contributed by atoms with E-state index in [1.165, 1.54) is 6.08 Å². The van der Waals surface area contributed by atoms with Gasteiger partial charge in [0.1, 0.15) is 17.4 Å². The van der Waals surface area contributed by atoms with Crippen molar-refractivity contribution in [3.05, 3.63) is 64.1 Å². The summed E-state index contributed by atoms with van der Waals surface area (Å²) in [6.45, 7) is 2.31. The van der Waals surface area contributed by atoms with E-state index in [9.17, 15) is 14.9 Å². The molecule has 6 nitrogen and oxygen atoms in total. The maximum atomic E-state index is 12.3. The Morgan fingerprint density at radius 2 is 1.89 bits per heavy atom. The third-order valence-corrected chi connectivity index (χ3v) is 4.11. The Balaban J connectivity index is 2.04. The molecule has 0 fully saturated rings. The first-order chi connectivity index (χ1) is 13.0. The molecule has 0 atom stereocenters. The third-order valence-electron chi connectivity index (χ3n) is 3.42. The largest absolute Gasteiger partial charge is 0.484 e. The van der Waals surface area contributed by atoms with Crippen molar-refractivity contribution in [3.8, 4) is 11.8 Å². The second kappa shape index (κ2) is 10.1. The van der Waals surface area contributed by atoms with Crippen molar-refractivity contribution in [3.63, 3.8) is 0 Å². The van der Waals surface area contributed by atoms with Crippen LogP contribution in [-0.4, -0.2) is 25.0 Å². The van der Waals surface area contributed by atoms with Gasteiger partial charge in [0, 0.05) is 11.0 Å². The van der Waals surface area contributed by atoms with E-state index in [4.69, 9.17) is 4.74 Å². The molecule has 27 heavy (non-hydrogen) atoms. The zero-order chi connectivity index (χ0) is 19.6. The highest BCUT2D eigenvalue weighted by molar-refractivity contribution is 9.10. The Morgan fingerprint density at radius 3 is 2.52 bits per heavy atom. The molecule has 0 aliphatic heterocycles. The number of carbonyl (C=O) groups excluding carboxylic acids is 2. The van der Waals surface area contributed by atoms with Crippen LogP contribution in [-0.2, 0) is 9.59 Å². The SMILES string of the molecule is CCNC(=O)COc1ccc(/C=C(/C#N)C(=O)Nc2ccccc2Br)cc1. The van der Waals surface area contributed by atoms with Crippen molar-refractivity contribution < 1.29 is 14.3 Å². The smallest absolute Gasteiger partial charge is 0.266 e. The number of nitriles is 1. The first-order valence-corrected chi connectivity index (χ1v) is 9.00. The fourth-order valence-electron chi connectivity index (χ4n) is 2.12. The van der Waals surface area contributed by atoms with E-state index in [-0.39, 0.29) is 18.1 Å². The van der Waals surface area contributed by atoms with Crippen molar-refractivity contribution >= 4 is 39.5 Å². The third kappa shape index (κ3) is 6.28. The number of carbonyl (C=O) groups is 2. The number of nitrogens with zero attached hydrogens (tertiary/aromatic N) is 1. The fraction of sp³-hybridized carbons (Fsp3) is 0.150. The maximum Gasteiger partial charge on any atom is 0.266 e. The van der Waals surface area contributed by atoms with Crippen LogP contribution in [0.4, 0.5) is 5.69 Å². The number of hydrogen-bond donors (Lipinski definition) is 2. The minimum atomic E-state index is -0.499. The quantitative estimate of drug-likeness (QED) is 0.522. The van der Waals surface area contributed by atoms with Crippen LogP contribution in [0.1, 0.15) is 12.5 Å². The van der Waals surface area contributed by atoms with E-state index in [0.717, 1.165) is 4.47 Å². The normalized spacial score (nSPS) is 10.6. The minimum absolute atomic E-state index is 0.0262. The molecule has 2 aromatic carbocycles. The van der Waals surface area contributed by atoms with Gasteiger partial charge < -0.3 is 15.4 Å². The number of benzene rings is 2. The Bertz CT molecular complexity index is 886. The van der Waals surface area contributed by atoms with Crippen molar-refractivity contribution in [2.45, 2.75) is 6.92 Å². The number of likely N-dealkylation sites (N-methyl/N-ethyl adjacent to an activating group) is 1. The second-order valence-electron chi connectivity index (χ2n) is 5.42. The van der Waals surface area contributed by atoms with Gasteiger partial charge in [-0.3, -0.25) is 9.59 Å². The van der Waals surface area contributed by atoms with Gasteiger partial charge in [-0.05, 0) is 58.8 Å². The van der Waals surface area contributed by atoms with E-state index >= 15 is 0 Å². The Labute approximate surface area is 166 Å². The van der Waals surface area contributed by atoms with E-state index < -0.39 is 5.91 Å². The number of para-hydroxylation sites is 1. The van der Waals surface area contributed by atoms with Gasteiger partial charge in [0.2, 0.25) is 0 Å². The average molecular weight is 428 g/mol. The molecule has 7 heteroatoms. The summed E-state index contributed by atoms with van der Waals surface area (Å²) in [5.41, 5.74) is 1.22. The Kier molecular flexibility index (Phi) is 7.59. The number of halogens is 1. The predicted molar refractivity (Wildman–Crippen MR) is 107 cm³/mol. The Hall–Kier alpha value is -3.11. The molecule has 0 bridgehead atoms. The molecule has 2 aromatic rings. The topological polar surface area (TPSA) is 91.2 Å². The van der Waals surface area contributed by atoms with Crippen LogP contribution in [0, 0.1) is 11.3 Å². The predicted octanol–water partition coefficient (Wildman–Crippen LogP) is 3.51. The van der Waals surface area contributed by atoms with E-state index in [0.29, 0.717) is 23.5 Å². The number of ether oxygens (including phenoxy) is 1. The number of amides is 2. The van der Waals surface area contributed by atoms with Crippen molar-refractivity contribution in [1.82, 2.24) is 5.32 Å². The van der Waals surface area contributed by atoms with Crippen LogP contribution in [0.3, 0.4) is 0 Å². The van der Waals surface area contributed by atoms with Crippen molar-refractivity contribution in [2.75, 3.05) is 18.5 Å². The summed E-state index contributed by atoms with van der Waals surface area (Å²) in [6.07, 6.45) is 1.49. The number of nitrogens with one attached hydrogen (secondary N) is 2. The van der Waals surface area contributed by atoms with Gasteiger partial charge in [-0.15, -0.1) is 0 Å². The average Bonchev–Trinajstić information content (AvgIpc) is 2.67. The van der Waals surface area contributed by atoms with Gasteiger partial charge >= 0.3 is 0 Å². The second-order valence-corrected chi connectivity index (χ2v) is 6.27. The molecule has 0 aromatic heterocycles. The van der Waals surface area contributed by atoms with Crippen LogP contribution in [0.5, 0.6) is 5.75 Å². The minimum Gasteiger partial charge on any atom is -0.484 e. The van der Waals surface area contributed by atoms with E-state index in [2.05, 4.69) is 26.6 Å². The maximum absolute atomic E-state index is 12.3. The molecule has 0 heterocycles. The summed E-state index contributed by atoms with van der Waals surface area (Å²) in [7, 11) is 0. The summed E-state index contributed by atoms with van der Waals surface area (Å²) in [5, 5.41) is 14.6. The van der Waals surface area contributed by atoms with Gasteiger partial charge in [0.25, 0.3) is 11.8 Å². The lowest BCUT2D eigenvalue weighted by atomic mass is 10.1. The highest BCUT2D eigenvalue weighted by atomic mass is 79.9. The lowest BCUT2D eigenvalue weighted by molar-refractivity contribution is -0.123. The number of rotatable bonds is 7. The van der Waals surface area contributed by atoms with Crippen LogP contribution in [0.25, 0.3) is 6.08 Å². The molecule has 2 rings (SSSR count). The molecule has 2 amide bonds. The molecular formula is C20H18BrN3O3. The zero-order valence-electron chi connectivity index (χ0n) is 14.7. The molecule has 0 saturated carbocycles. The monoisotopic (exact) mass is 427 g/mol. The highest BCUT2D eigenvalue weighted by Crippen LogP contribution is 2.22. The summed E-state index contributed by atoms with van der Waals surface area (Å²) in [4.78, 5) is 23.7. The first kappa shape index (κ1) is 20.2. The van der Waals surface area contributed by atoms with Crippen LogP contribution >= 0.6 is 15.9 Å². The van der Waals surface area contributed by atoms with Gasteiger partial charge in [-0.25, -0.2) is 0 Å². The van der Waals surface area contributed by atoms with Crippen LogP contribution < -0.4 is 15.4 Å². The molecule has 0 spiro atoms. The van der Waals surface area contributed by atoms with Crippen LogP contribution in [0.2, 0.25) is 0 Å². The van der Waals surface area contributed by atoms with E-state index in [1.54, 1.807) is 42.5 Å². The molecular weight excluding hydrogens is 410 g/mol. The van der Waals surface area contributed by atoms with Crippen molar-refractivity contribution in [2.24, 2.45) is 0 Å². The molecule has 0 saturated heterocycles. The molecule has 0 unspecified atom stereocenters. The number of anilines is 1. The lowest BCUT2D eigenvalue weighted by Gasteiger charge is -2.07. The van der Waals surface area contributed by atoms with Crippen molar-refractivity contribution in [1.29, 1.82) is 5.26 Å². The summed E-state index contributed by atoms with van der Waals surface area (Å²) >= 11 is 3.35. The van der Waals surface area contributed by atoms with Gasteiger partial charge in [-0.1, -0.05) is 24.3 Å². The van der Waals surface area contributed by atoms with Gasteiger partial charge in [-0.2, -0.15) is 5.26 Å². The Morgan fingerprint density at radius 1 is 1.19 bits per heavy atom. The molecule has 138 valence electrons. The summed E-state index contributed by atoms with van der Waals surface area (Å²) in [6, 6.07) is 15.8. The fourth-order valence-corrected chi connectivity index (χ4v) is 2.51.